The van der Waals surface area contributed by atoms with E-state index in [4.69, 9.17) is 4.74 Å². The molecule has 0 unspecified atom stereocenters. The first-order chi connectivity index (χ1) is 15.7. The Balaban J connectivity index is 2.16. The van der Waals surface area contributed by atoms with Crippen LogP contribution in [0.2, 0.25) is 0 Å². The lowest BCUT2D eigenvalue weighted by Crippen LogP contribution is -2.50. The van der Waals surface area contributed by atoms with Gasteiger partial charge >= 0.3 is 0 Å². The maximum Gasteiger partial charge on any atom is 0.261 e. The van der Waals surface area contributed by atoms with Crippen molar-refractivity contribution >= 4 is 11.8 Å². The van der Waals surface area contributed by atoms with Crippen LogP contribution in [0.3, 0.4) is 0 Å². The molecule has 33 heavy (non-hydrogen) atoms. The third-order valence-electron chi connectivity index (χ3n) is 5.73. The molecule has 0 aromatic heterocycles. The smallest absolute Gasteiger partial charge is 0.261 e. The molecule has 5 heteroatoms. The van der Waals surface area contributed by atoms with Crippen molar-refractivity contribution in [2.24, 2.45) is 0 Å². The average molecular weight is 453 g/mol. The Bertz CT molecular complexity index is 900. The number of carbonyl (C=O) groups is 2. The first-order valence-electron chi connectivity index (χ1n) is 12.0. The Hall–Kier alpha value is -2.82. The summed E-state index contributed by atoms with van der Waals surface area (Å²) >= 11 is 0. The predicted molar refractivity (Wildman–Crippen MR) is 134 cm³/mol. The van der Waals surface area contributed by atoms with Crippen molar-refractivity contribution in [3.05, 3.63) is 65.2 Å². The molecule has 0 aliphatic heterocycles. The lowest BCUT2D eigenvalue weighted by molar-refractivity contribution is -0.143. The highest BCUT2D eigenvalue weighted by atomic mass is 16.5. The number of amides is 2. The molecule has 0 saturated heterocycles. The fourth-order valence-corrected chi connectivity index (χ4v) is 3.71. The number of nitrogens with zero attached hydrogens (tertiary/aromatic N) is 1. The summed E-state index contributed by atoms with van der Waals surface area (Å²) in [6.07, 6.45) is 2.46. The van der Waals surface area contributed by atoms with Gasteiger partial charge in [-0.2, -0.15) is 0 Å². The summed E-state index contributed by atoms with van der Waals surface area (Å²) in [7, 11) is 0. The van der Waals surface area contributed by atoms with Gasteiger partial charge in [0.05, 0.1) is 0 Å². The van der Waals surface area contributed by atoms with E-state index < -0.39 is 6.04 Å². The number of ether oxygens (including phenoxy) is 1. The first-order valence-corrected chi connectivity index (χ1v) is 12.0. The Morgan fingerprint density at radius 2 is 1.76 bits per heavy atom. The zero-order valence-corrected chi connectivity index (χ0v) is 21.1. The molecule has 0 bridgehead atoms. The number of unbranched alkanes of at least 4 members (excludes halogenated alkanes) is 1. The molecule has 0 radical (unpaired) electrons. The Labute approximate surface area is 199 Å². The number of aryl methyl sites for hydroxylation is 1. The fourth-order valence-electron chi connectivity index (χ4n) is 3.71. The van der Waals surface area contributed by atoms with Gasteiger partial charge in [-0.05, 0) is 48.4 Å². The van der Waals surface area contributed by atoms with Crippen molar-refractivity contribution in [2.45, 2.75) is 78.8 Å². The summed E-state index contributed by atoms with van der Waals surface area (Å²) in [5.74, 6) is 0.336. The number of carbonyl (C=O) groups excluding carboxylic acids is 2. The van der Waals surface area contributed by atoms with E-state index in [-0.39, 0.29) is 23.8 Å². The zero-order valence-electron chi connectivity index (χ0n) is 21.1. The number of benzene rings is 2. The largest absolute Gasteiger partial charge is 0.484 e. The van der Waals surface area contributed by atoms with Crippen LogP contribution in [0, 0.1) is 6.92 Å². The molecule has 0 spiro atoms. The maximum atomic E-state index is 13.3. The van der Waals surface area contributed by atoms with Gasteiger partial charge in [-0.25, -0.2) is 0 Å². The summed E-state index contributed by atoms with van der Waals surface area (Å²) in [4.78, 5) is 27.9. The van der Waals surface area contributed by atoms with Gasteiger partial charge in [0.1, 0.15) is 11.8 Å². The van der Waals surface area contributed by atoms with Crippen LogP contribution in [0.25, 0.3) is 0 Å². The Kier molecular flexibility index (Phi) is 9.95. The van der Waals surface area contributed by atoms with Crippen LogP contribution < -0.4 is 10.1 Å². The van der Waals surface area contributed by atoms with Crippen LogP contribution in [0.1, 0.15) is 70.6 Å². The molecule has 0 heterocycles. The van der Waals surface area contributed by atoms with Crippen molar-refractivity contribution in [1.29, 1.82) is 0 Å². The van der Waals surface area contributed by atoms with Gasteiger partial charge in [-0.15, -0.1) is 0 Å². The molecule has 2 aromatic rings. The van der Waals surface area contributed by atoms with Gasteiger partial charge in [0.15, 0.2) is 6.61 Å². The van der Waals surface area contributed by atoms with E-state index in [1.165, 1.54) is 5.56 Å². The van der Waals surface area contributed by atoms with Crippen LogP contribution in [-0.4, -0.2) is 35.9 Å². The molecule has 0 fully saturated rings. The molecule has 0 aliphatic rings. The molecule has 1 atom stereocenters. The Morgan fingerprint density at radius 3 is 2.33 bits per heavy atom. The van der Waals surface area contributed by atoms with E-state index in [0.29, 0.717) is 25.3 Å². The van der Waals surface area contributed by atoms with Crippen molar-refractivity contribution < 1.29 is 14.3 Å². The molecule has 0 saturated carbocycles. The highest BCUT2D eigenvalue weighted by molar-refractivity contribution is 5.88. The molecule has 1 N–H and O–H groups in total. The quantitative estimate of drug-likeness (QED) is 0.465. The van der Waals surface area contributed by atoms with E-state index in [0.717, 1.165) is 24.0 Å². The van der Waals surface area contributed by atoms with E-state index in [9.17, 15) is 9.59 Å². The van der Waals surface area contributed by atoms with Crippen LogP contribution in [0.5, 0.6) is 5.75 Å². The lowest BCUT2D eigenvalue weighted by Gasteiger charge is -2.30. The summed E-state index contributed by atoms with van der Waals surface area (Å²) in [6.45, 7) is 13.4. The monoisotopic (exact) mass is 452 g/mol. The second-order valence-electron chi connectivity index (χ2n) is 9.64. The van der Waals surface area contributed by atoms with Gasteiger partial charge < -0.3 is 15.0 Å². The van der Waals surface area contributed by atoms with Gasteiger partial charge in [-0.1, -0.05) is 83.0 Å². The highest BCUT2D eigenvalue weighted by Gasteiger charge is 2.28. The van der Waals surface area contributed by atoms with Crippen LogP contribution >= 0.6 is 0 Å². The summed E-state index contributed by atoms with van der Waals surface area (Å²) in [5, 5.41) is 2.99. The first kappa shape index (κ1) is 26.4. The molecule has 2 rings (SSSR count). The average Bonchev–Trinajstić information content (AvgIpc) is 2.77. The molecule has 2 amide bonds. The normalized spacial score (nSPS) is 12.2. The number of rotatable bonds is 11. The topological polar surface area (TPSA) is 58.6 Å². The summed E-state index contributed by atoms with van der Waals surface area (Å²) in [5.41, 5.74) is 3.38. The number of hydrogen-bond donors (Lipinski definition) is 1. The highest BCUT2D eigenvalue weighted by Crippen LogP contribution is 2.24. The van der Waals surface area contributed by atoms with Gasteiger partial charge in [0.2, 0.25) is 5.91 Å². The molecular formula is C28H40N2O3. The zero-order chi connectivity index (χ0) is 24.4. The minimum absolute atomic E-state index is 0.0540. The molecule has 5 nitrogen and oxygen atoms in total. The predicted octanol–water partition coefficient (Wildman–Crippen LogP) is 5.40. The van der Waals surface area contributed by atoms with Crippen molar-refractivity contribution in [1.82, 2.24) is 10.2 Å². The van der Waals surface area contributed by atoms with E-state index in [1.54, 1.807) is 4.90 Å². The second kappa shape index (κ2) is 12.4. The summed E-state index contributed by atoms with van der Waals surface area (Å²) < 4.78 is 5.83. The van der Waals surface area contributed by atoms with E-state index in [1.807, 2.05) is 62.4 Å². The molecule has 0 aliphatic carbocycles. The number of nitrogens with one attached hydrogen (secondary N) is 1. The second-order valence-corrected chi connectivity index (χ2v) is 9.64. The van der Waals surface area contributed by atoms with Crippen LogP contribution in [0.4, 0.5) is 0 Å². The SMILES string of the molecule is CCCCNC(=O)[C@H](CC)N(Cc1cccc(C)c1)C(=O)COc1ccc(C(C)(C)C)cc1. The third-order valence-corrected chi connectivity index (χ3v) is 5.73. The van der Waals surface area contributed by atoms with Crippen molar-refractivity contribution in [3.8, 4) is 5.75 Å². The van der Waals surface area contributed by atoms with E-state index >= 15 is 0 Å². The number of hydrogen-bond acceptors (Lipinski definition) is 3. The van der Waals surface area contributed by atoms with Crippen LogP contribution in [0.15, 0.2) is 48.5 Å². The maximum absolute atomic E-state index is 13.3. The van der Waals surface area contributed by atoms with Crippen LogP contribution in [-0.2, 0) is 21.5 Å². The lowest BCUT2D eigenvalue weighted by atomic mass is 9.87. The van der Waals surface area contributed by atoms with E-state index in [2.05, 4.69) is 33.0 Å². The summed E-state index contributed by atoms with van der Waals surface area (Å²) in [6, 6.07) is 15.3. The van der Waals surface area contributed by atoms with Crippen molar-refractivity contribution in [3.63, 3.8) is 0 Å². The minimum atomic E-state index is -0.540. The van der Waals surface area contributed by atoms with Crippen molar-refractivity contribution in [2.75, 3.05) is 13.2 Å². The standard InChI is InChI=1S/C28H40N2O3/c1-7-9-17-29-27(32)25(8-2)30(19-22-12-10-11-21(3)18-22)26(31)20-33-24-15-13-23(14-16-24)28(4,5)6/h10-16,18,25H,7-9,17,19-20H2,1-6H3,(H,29,32)/t25-/m0/s1. The fraction of sp³-hybridized carbons (Fsp3) is 0.500. The van der Waals surface area contributed by atoms with Gasteiger partial charge in [0.25, 0.3) is 5.91 Å². The third kappa shape index (κ3) is 8.23. The molecular weight excluding hydrogens is 412 g/mol. The molecule has 180 valence electrons. The van der Waals surface area contributed by atoms with Gasteiger partial charge in [-0.3, -0.25) is 9.59 Å². The van der Waals surface area contributed by atoms with Gasteiger partial charge in [0, 0.05) is 13.1 Å². The Morgan fingerprint density at radius 1 is 1.06 bits per heavy atom. The minimum Gasteiger partial charge on any atom is -0.484 e. The molecule has 2 aromatic carbocycles.